The largest absolute Gasteiger partial charge is 0.478 e. The van der Waals surface area contributed by atoms with Gasteiger partial charge in [0.25, 0.3) is 0 Å². The molecule has 0 heterocycles. The van der Waals surface area contributed by atoms with E-state index in [9.17, 15) is 14.4 Å². The molecule has 7 heteroatoms. The van der Waals surface area contributed by atoms with Crippen LogP contribution in [0.15, 0.2) is 53.4 Å². The van der Waals surface area contributed by atoms with Gasteiger partial charge in [-0.15, -0.1) is 11.8 Å². The predicted octanol–water partition coefficient (Wildman–Crippen LogP) is 4.24. The van der Waals surface area contributed by atoms with Crippen LogP contribution in [0.1, 0.15) is 36.5 Å². The fourth-order valence-corrected chi connectivity index (χ4v) is 3.02. The van der Waals surface area contributed by atoms with Crippen LogP contribution in [-0.4, -0.2) is 28.6 Å². The standard InChI is InChI=1S/C20H22N2O4S/c1-2-3-7-18(23)22-16-5-4-6-17(12-16)27-13-19(24)21-15-10-8-14(9-11-15)20(25)26/h4-6,8-12H,2-3,7,13H2,1H3,(H,21,24)(H,22,23)(H,25,26). The Bertz CT molecular complexity index is 806. The van der Waals surface area contributed by atoms with Gasteiger partial charge in [0.2, 0.25) is 11.8 Å². The molecule has 0 spiro atoms. The van der Waals surface area contributed by atoms with Gasteiger partial charge in [0.1, 0.15) is 0 Å². The Morgan fingerprint density at radius 1 is 0.963 bits per heavy atom. The summed E-state index contributed by atoms with van der Waals surface area (Å²) in [5, 5.41) is 14.5. The van der Waals surface area contributed by atoms with Gasteiger partial charge < -0.3 is 15.7 Å². The molecule has 0 fully saturated rings. The highest BCUT2D eigenvalue weighted by Gasteiger charge is 2.07. The second kappa shape index (κ2) is 10.4. The first-order valence-corrected chi connectivity index (χ1v) is 9.62. The Kier molecular flexibility index (Phi) is 7.88. The van der Waals surface area contributed by atoms with Gasteiger partial charge >= 0.3 is 5.97 Å². The second-order valence-electron chi connectivity index (χ2n) is 5.90. The zero-order valence-corrected chi connectivity index (χ0v) is 15.8. The minimum Gasteiger partial charge on any atom is -0.478 e. The summed E-state index contributed by atoms with van der Waals surface area (Å²) in [6, 6.07) is 13.4. The molecule has 0 atom stereocenters. The van der Waals surface area contributed by atoms with Crippen LogP contribution in [0.2, 0.25) is 0 Å². The van der Waals surface area contributed by atoms with Gasteiger partial charge in [0.15, 0.2) is 0 Å². The molecule has 0 aliphatic heterocycles. The first-order chi connectivity index (χ1) is 13.0. The van der Waals surface area contributed by atoms with Crippen molar-refractivity contribution < 1.29 is 19.5 Å². The number of nitrogens with one attached hydrogen (secondary N) is 2. The van der Waals surface area contributed by atoms with Crippen molar-refractivity contribution in [2.45, 2.75) is 31.1 Å². The van der Waals surface area contributed by atoms with Crippen LogP contribution in [-0.2, 0) is 9.59 Å². The van der Waals surface area contributed by atoms with Gasteiger partial charge in [-0.1, -0.05) is 19.4 Å². The summed E-state index contributed by atoms with van der Waals surface area (Å²) in [6.45, 7) is 2.04. The Balaban J connectivity index is 1.84. The highest BCUT2D eigenvalue weighted by molar-refractivity contribution is 8.00. The van der Waals surface area contributed by atoms with Crippen LogP contribution >= 0.6 is 11.8 Å². The van der Waals surface area contributed by atoms with Crippen molar-refractivity contribution in [3.63, 3.8) is 0 Å². The van der Waals surface area contributed by atoms with Crippen molar-refractivity contribution in [1.82, 2.24) is 0 Å². The van der Waals surface area contributed by atoms with E-state index >= 15 is 0 Å². The minimum atomic E-state index is -1.01. The van der Waals surface area contributed by atoms with Crippen LogP contribution in [0.5, 0.6) is 0 Å². The van der Waals surface area contributed by atoms with E-state index < -0.39 is 5.97 Å². The summed E-state index contributed by atoms with van der Waals surface area (Å²) in [7, 11) is 0. The number of thioether (sulfide) groups is 1. The van der Waals surface area contributed by atoms with Crippen LogP contribution in [0, 0.1) is 0 Å². The van der Waals surface area contributed by atoms with E-state index in [0.717, 1.165) is 17.7 Å². The number of carbonyl (C=O) groups is 3. The molecular weight excluding hydrogens is 364 g/mol. The first-order valence-electron chi connectivity index (χ1n) is 8.64. The second-order valence-corrected chi connectivity index (χ2v) is 6.95. The normalized spacial score (nSPS) is 10.3. The average molecular weight is 386 g/mol. The summed E-state index contributed by atoms with van der Waals surface area (Å²) in [5.74, 6) is -1.01. The maximum atomic E-state index is 12.1. The summed E-state index contributed by atoms with van der Waals surface area (Å²) in [4.78, 5) is 35.6. The summed E-state index contributed by atoms with van der Waals surface area (Å²) >= 11 is 1.36. The number of carboxylic acids is 1. The fraction of sp³-hybridized carbons (Fsp3) is 0.250. The highest BCUT2D eigenvalue weighted by Crippen LogP contribution is 2.22. The third kappa shape index (κ3) is 7.15. The zero-order chi connectivity index (χ0) is 19.6. The molecule has 0 unspecified atom stereocenters. The van der Waals surface area contributed by atoms with Gasteiger partial charge in [-0.2, -0.15) is 0 Å². The van der Waals surface area contributed by atoms with Gasteiger partial charge in [-0.05, 0) is 48.9 Å². The topological polar surface area (TPSA) is 95.5 Å². The van der Waals surface area contributed by atoms with Gasteiger partial charge in [-0.3, -0.25) is 9.59 Å². The number of unbranched alkanes of at least 4 members (excludes halogenated alkanes) is 1. The van der Waals surface area contributed by atoms with Crippen molar-refractivity contribution in [3.8, 4) is 0 Å². The average Bonchev–Trinajstić information content (AvgIpc) is 2.65. The third-order valence-electron chi connectivity index (χ3n) is 3.66. The highest BCUT2D eigenvalue weighted by atomic mass is 32.2. The maximum Gasteiger partial charge on any atom is 0.335 e. The SMILES string of the molecule is CCCCC(=O)Nc1cccc(SCC(=O)Nc2ccc(C(=O)O)cc2)c1. The molecular formula is C20H22N2O4S. The van der Waals surface area contributed by atoms with Crippen molar-refractivity contribution >= 4 is 40.9 Å². The molecule has 2 aromatic rings. The lowest BCUT2D eigenvalue weighted by molar-refractivity contribution is -0.116. The van der Waals surface area contributed by atoms with Gasteiger partial charge in [0, 0.05) is 22.7 Å². The van der Waals surface area contributed by atoms with Crippen molar-refractivity contribution in [2.24, 2.45) is 0 Å². The van der Waals surface area contributed by atoms with E-state index in [1.807, 2.05) is 31.2 Å². The molecule has 142 valence electrons. The molecule has 0 aromatic heterocycles. The van der Waals surface area contributed by atoms with E-state index in [0.29, 0.717) is 17.8 Å². The Morgan fingerprint density at radius 3 is 2.33 bits per heavy atom. The van der Waals surface area contributed by atoms with Crippen LogP contribution in [0.25, 0.3) is 0 Å². The summed E-state index contributed by atoms with van der Waals surface area (Å²) in [6.07, 6.45) is 2.32. The molecule has 0 radical (unpaired) electrons. The molecule has 0 saturated carbocycles. The minimum absolute atomic E-state index is 0.0125. The predicted molar refractivity (Wildman–Crippen MR) is 107 cm³/mol. The molecule has 2 amide bonds. The Hall–Kier alpha value is -2.80. The maximum absolute atomic E-state index is 12.1. The number of carbonyl (C=O) groups excluding carboxylic acids is 2. The first kappa shape index (κ1) is 20.5. The third-order valence-corrected chi connectivity index (χ3v) is 4.65. The lowest BCUT2D eigenvalue weighted by atomic mass is 10.2. The number of hydrogen-bond donors (Lipinski definition) is 3. The van der Waals surface area contributed by atoms with Gasteiger partial charge in [-0.25, -0.2) is 4.79 Å². The number of rotatable bonds is 9. The summed E-state index contributed by atoms with van der Waals surface area (Å²) < 4.78 is 0. The van der Waals surface area contributed by atoms with Crippen molar-refractivity contribution in [2.75, 3.05) is 16.4 Å². The Morgan fingerprint density at radius 2 is 1.67 bits per heavy atom. The number of benzene rings is 2. The monoisotopic (exact) mass is 386 g/mol. The lowest BCUT2D eigenvalue weighted by Crippen LogP contribution is -2.14. The number of amides is 2. The zero-order valence-electron chi connectivity index (χ0n) is 15.0. The number of aromatic carboxylic acids is 1. The van der Waals surface area contributed by atoms with Crippen molar-refractivity contribution in [1.29, 1.82) is 0 Å². The molecule has 2 aromatic carbocycles. The van der Waals surface area contributed by atoms with E-state index in [1.54, 1.807) is 12.1 Å². The van der Waals surface area contributed by atoms with Crippen LogP contribution in [0.4, 0.5) is 11.4 Å². The molecule has 0 aliphatic carbocycles. The molecule has 6 nitrogen and oxygen atoms in total. The molecule has 27 heavy (non-hydrogen) atoms. The quantitative estimate of drug-likeness (QED) is 0.560. The molecule has 3 N–H and O–H groups in total. The molecule has 0 bridgehead atoms. The number of hydrogen-bond acceptors (Lipinski definition) is 4. The van der Waals surface area contributed by atoms with Crippen molar-refractivity contribution in [3.05, 3.63) is 54.1 Å². The molecule has 2 rings (SSSR count). The lowest BCUT2D eigenvalue weighted by Gasteiger charge is -2.08. The fourth-order valence-electron chi connectivity index (χ4n) is 2.27. The summed E-state index contributed by atoms with van der Waals surface area (Å²) in [5.41, 5.74) is 1.42. The number of carboxylic acid groups (broad SMARTS) is 1. The van der Waals surface area contributed by atoms with E-state index in [2.05, 4.69) is 10.6 Å². The Labute approximate surface area is 162 Å². The van der Waals surface area contributed by atoms with Crippen LogP contribution in [0.3, 0.4) is 0 Å². The van der Waals surface area contributed by atoms with E-state index in [-0.39, 0.29) is 23.1 Å². The molecule has 0 saturated heterocycles. The van der Waals surface area contributed by atoms with Gasteiger partial charge in [0.05, 0.1) is 11.3 Å². The van der Waals surface area contributed by atoms with E-state index in [1.165, 1.54) is 23.9 Å². The van der Waals surface area contributed by atoms with E-state index in [4.69, 9.17) is 5.11 Å². The van der Waals surface area contributed by atoms with Crippen LogP contribution < -0.4 is 10.6 Å². The number of anilines is 2. The smallest absolute Gasteiger partial charge is 0.335 e. The molecule has 0 aliphatic rings.